The third-order valence-electron chi connectivity index (χ3n) is 4.01. The highest BCUT2D eigenvalue weighted by Gasteiger charge is 2.30. The maximum absolute atomic E-state index is 11.4. The number of aromatic nitrogens is 1. The number of allylic oxidation sites excluding steroid dienone is 8. The molecule has 6 nitrogen and oxygen atoms in total. The van der Waals surface area contributed by atoms with E-state index in [0.717, 1.165) is 28.4 Å². The zero-order chi connectivity index (χ0) is 20.7. The number of hydrogen-bond acceptors (Lipinski definition) is 5. The summed E-state index contributed by atoms with van der Waals surface area (Å²) in [5, 5.41) is 15.5. The van der Waals surface area contributed by atoms with Gasteiger partial charge in [-0.15, -0.1) is 0 Å². The monoisotopic (exact) mass is 381 g/mol. The SMILES string of the molecule is CN/C=C(\C)Nc1cccc(C2=C/C=C/C=C(OC(C)(C)C(=O)O)\C(C)=C\2)n1. The van der Waals surface area contributed by atoms with E-state index in [-0.39, 0.29) is 0 Å². The zero-order valence-electron chi connectivity index (χ0n) is 16.9. The molecule has 1 aromatic heterocycles. The Morgan fingerprint density at radius 1 is 1.25 bits per heavy atom. The topological polar surface area (TPSA) is 83.5 Å². The van der Waals surface area contributed by atoms with Gasteiger partial charge in [-0.05, 0) is 57.6 Å². The lowest BCUT2D eigenvalue weighted by molar-refractivity contribution is -0.156. The first-order valence-corrected chi connectivity index (χ1v) is 9.01. The molecule has 1 aromatic rings. The van der Waals surface area contributed by atoms with Gasteiger partial charge in [0.25, 0.3) is 0 Å². The lowest BCUT2D eigenvalue weighted by Gasteiger charge is -2.24. The van der Waals surface area contributed by atoms with E-state index in [9.17, 15) is 9.90 Å². The molecule has 0 fully saturated rings. The number of aliphatic carboxylic acids is 1. The van der Waals surface area contributed by atoms with E-state index in [0.29, 0.717) is 5.76 Å². The van der Waals surface area contributed by atoms with Gasteiger partial charge in [0.2, 0.25) is 0 Å². The average molecular weight is 381 g/mol. The number of rotatable bonds is 7. The Morgan fingerprint density at radius 2 is 1.96 bits per heavy atom. The molecule has 3 N–H and O–H groups in total. The number of carbonyl (C=O) groups is 1. The highest BCUT2D eigenvalue weighted by molar-refractivity contribution is 5.77. The van der Waals surface area contributed by atoms with Crippen LogP contribution in [0, 0.1) is 0 Å². The molecule has 0 atom stereocenters. The van der Waals surface area contributed by atoms with Crippen molar-refractivity contribution in [1.82, 2.24) is 10.3 Å². The summed E-state index contributed by atoms with van der Waals surface area (Å²) in [4.78, 5) is 16.1. The normalized spacial score (nSPS) is 21.6. The van der Waals surface area contributed by atoms with Gasteiger partial charge in [0.15, 0.2) is 5.60 Å². The van der Waals surface area contributed by atoms with Crippen LogP contribution in [-0.4, -0.2) is 28.7 Å². The molecule has 1 aliphatic rings. The predicted octanol–water partition coefficient (Wildman–Crippen LogP) is 4.24. The molecule has 6 heteroatoms. The molecule has 0 saturated carbocycles. The van der Waals surface area contributed by atoms with Gasteiger partial charge in [-0.2, -0.15) is 0 Å². The summed E-state index contributed by atoms with van der Waals surface area (Å²) < 4.78 is 5.74. The fourth-order valence-corrected chi connectivity index (χ4v) is 2.50. The maximum Gasteiger partial charge on any atom is 0.347 e. The summed E-state index contributed by atoms with van der Waals surface area (Å²) in [6, 6.07) is 5.76. The quantitative estimate of drug-likeness (QED) is 0.655. The number of anilines is 1. The standard InChI is InChI=1S/C22H27N3O3/c1-15-13-17(9-6-7-11-19(15)28-22(3,4)21(26)27)18-10-8-12-20(25-18)24-16(2)14-23-5/h6-14,23H,1-5H3,(H,24,25)(H,26,27)/b7-6+,9-6?,11-7?,15-13+,16-14+,17-9+,17-13?,19-11+,19-15?. The molecule has 0 amide bonds. The lowest BCUT2D eigenvalue weighted by Crippen LogP contribution is -2.34. The van der Waals surface area contributed by atoms with Gasteiger partial charge in [0, 0.05) is 24.5 Å². The van der Waals surface area contributed by atoms with Crippen molar-refractivity contribution >= 4 is 17.4 Å². The predicted molar refractivity (Wildman–Crippen MR) is 112 cm³/mol. The van der Waals surface area contributed by atoms with Gasteiger partial charge in [0.05, 0.1) is 5.69 Å². The summed E-state index contributed by atoms with van der Waals surface area (Å²) in [6.45, 7) is 6.89. The number of nitrogens with one attached hydrogen (secondary N) is 2. The number of carboxylic acid groups (broad SMARTS) is 1. The summed E-state index contributed by atoms with van der Waals surface area (Å²) in [7, 11) is 1.84. The molecule has 0 aliphatic heterocycles. The zero-order valence-corrected chi connectivity index (χ0v) is 16.9. The number of carboxylic acids is 1. The van der Waals surface area contributed by atoms with Crippen LogP contribution in [-0.2, 0) is 9.53 Å². The molecule has 0 unspecified atom stereocenters. The highest BCUT2D eigenvalue weighted by atomic mass is 16.5. The van der Waals surface area contributed by atoms with Crippen LogP contribution in [0.3, 0.4) is 0 Å². The van der Waals surface area contributed by atoms with E-state index in [2.05, 4.69) is 15.6 Å². The summed E-state index contributed by atoms with van der Waals surface area (Å²) >= 11 is 0. The van der Waals surface area contributed by atoms with Crippen LogP contribution in [0.1, 0.15) is 33.4 Å². The minimum Gasteiger partial charge on any atom is -0.478 e. The molecule has 0 saturated heterocycles. The highest BCUT2D eigenvalue weighted by Crippen LogP contribution is 2.26. The maximum atomic E-state index is 11.4. The van der Waals surface area contributed by atoms with Gasteiger partial charge in [-0.3, -0.25) is 0 Å². The average Bonchev–Trinajstić information content (AvgIpc) is 2.61. The van der Waals surface area contributed by atoms with Gasteiger partial charge < -0.3 is 20.5 Å². The largest absolute Gasteiger partial charge is 0.478 e. The van der Waals surface area contributed by atoms with E-state index in [1.165, 1.54) is 13.8 Å². The van der Waals surface area contributed by atoms with Gasteiger partial charge >= 0.3 is 5.97 Å². The van der Waals surface area contributed by atoms with Crippen LogP contribution in [0.4, 0.5) is 5.82 Å². The Kier molecular flexibility index (Phi) is 6.82. The van der Waals surface area contributed by atoms with E-state index >= 15 is 0 Å². The van der Waals surface area contributed by atoms with E-state index in [4.69, 9.17) is 4.74 Å². The molecule has 0 spiro atoms. The molecule has 1 aliphatic carbocycles. The first-order chi connectivity index (χ1) is 13.2. The van der Waals surface area contributed by atoms with Gasteiger partial charge in [-0.25, -0.2) is 9.78 Å². The van der Waals surface area contributed by atoms with Crippen molar-refractivity contribution in [1.29, 1.82) is 0 Å². The van der Waals surface area contributed by atoms with Crippen molar-refractivity contribution in [2.24, 2.45) is 0 Å². The minimum absolute atomic E-state index is 0.510. The van der Waals surface area contributed by atoms with Crippen molar-refractivity contribution in [3.8, 4) is 0 Å². The fraction of sp³-hybridized carbons (Fsp3) is 0.273. The number of nitrogens with zero attached hydrogens (tertiary/aromatic N) is 1. The van der Waals surface area contributed by atoms with Crippen LogP contribution >= 0.6 is 0 Å². The van der Waals surface area contributed by atoms with Crippen molar-refractivity contribution in [3.05, 3.63) is 77.5 Å². The van der Waals surface area contributed by atoms with E-state index < -0.39 is 11.6 Å². The Hall–Kier alpha value is -3.28. The van der Waals surface area contributed by atoms with Crippen molar-refractivity contribution in [3.63, 3.8) is 0 Å². The second-order valence-electron chi connectivity index (χ2n) is 6.93. The molecule has 28 heavy (non-hydrogen) atoms. The van der Waals surface area contributed by atoms with Gasteiger partial charge in [0.1, 0.15) is 11.6 Å². The van der Waals surface area contributed by atoms with Crippen molar-refractivity contribution < 1.29 is 14.6 Å². The molecular weight excluding hydrogens is 354 g/mol. The molecule has 2 rings (SSSR count). The molecule has 0 radical (unpaired) electrons. The Bertz CT molecular complexity index is 890. The first-order valence-electron chi connectivity index (χ1n) is 9.01. The molecule has 148 valence electrons. The number of hydrogen-bond donors (Lipinski definition) is 3. The molecule has 1 heterocycles. The molecular formula is C22H27N3O3. The van der Waals surface area contributed by atoms with Gasteiger partial charge in [-0.1, -0.05) is 24.3 Å². The Balaban J connectivity index is 2.31. The number of pyridine rings is 1. The third kappa shape index (κ3) is 5.61. The van der Waals surface area contributed by atoms with Crippen LogP contribution in [0.2, 0.25) is 0 Å². The fourth-order valence-electron chi connectivity index (χ4n) is 2.50. The van der Waals surface area contributed by atoms with Crippen molar-refractivity contribution in [2.75, 3.05) is 12.4 Å². The second-order valence-corrected chi connectivity index (χ2v) is 6.93. The Morgan fingerprint density at radius 3 is 2.64 bits per heavy atom. The summed E-state index contributed by atoms with van der Waals surface area (Å²) in [6.07, 6.45) is 11.2. The first kappa shape index (κ1) is 21.0. The minimum atomic E-state index is -1.32. The molecule has 0 aromatic carbocycles. The lowest BCUT2D eigenvalue weighted by atomic mass is 10.0. The summed E-state index contributed by atoms with van der Waals surface area (Å²) in [5.74, 6) is 0.225. The summed E-state index contributed by atoms with van der Waals surface area (Å²) in [5.41, 5.74) is 2.13. The van der Waals surface area contributed by atoms with E-state index in [1.54, 1.807) is 6.08 Å². The number of ether oxygens (including phenoxy) is 1. The van der Waals surface area contributed by atoms with Crippen LogP contribution in [0.15, 0.2) is 71.8 Å². The van der Waals surface area contributed by atoms with E-state index in [1.807, 2.05) is 69.6 Å². The van der Waals surface area contributed by atoms with Crippen molar-refractivity contribution in [2.45, 2.75) is 33.3 Å². The Labute approximate surface area is 166 Å². The van der Waals surface area contributed by atoms with Crippen LogP contribution in [0.5, 0.6) is 0 Å². The molecule has 0 bridgehead atoms. The third-order valence-corrected chi connectivity index (χ3v) is 4.01. The smallest absolute Gasteiger partial charge is 0.347 e. The second kappa shape index (κ2) is 9.08. The van der Waals surface area contributed by atoms with Crippen LogP contribution < -0.4 is 10.6 Å². The van der Waals surface area contributed by atoms with Crippen LogP contribution in [0.25, 0.3) is 5.57 Å².